The predicted molar refractivity (Wildman–Crippen MR) is 98.5 cm³/mol. The second-order valence-corrected chi connectivity index (χ2v) is 5.16. The molecule has 1 aliphatic rings. The minimum absolute atomic E-state index is 0. The van der Waals surface area contributed by atoms with Gasteiger partial charge in [0.25, 0.3) is 0 Å². The Balaban J connectivity index is 0.00000242. The monoisotopic (exact) mass is 421 g/mol. The summed E-state index contributed by atoms with van der Waals surface area (Å²) in [5.41, 5.74) is 0.984. The van der Waals surface area contributed by atoms with E-state index in [1.54, 1.807) is 12.1 Å². The van der Waals surface area contributed by atoms with Crippen LogP contribution in [-0.4, -0.2) is 38.3 Å². The number of nitrogens with zero attached hydrogens (tertiary/aromatic N) is 1. The van der Waals surface area contributed by atoms with Crippen LogP contribution >= 0.6 is 24.0 Å². The molecule has 2 N–H and O–H groups in total. The van der Waals surface area contributed by atoms with Crippen LogP contribution in [0.4, 0.5) is 4.39 Å². The maximum absolute atomic E-state index is 13.1. The first-order valence-corrected chi connectivity index (χ1v) is 7.66. The third-order valence-corrected chi connectivity index (χ3v) is 3.42. The minimum atomic E-state index is -0.188. The highest BCUT2D eigenvalue weighted by Gasteiger charge is 2.14. The third-order valence-electron chi connectivity index (χ3n) is 3.42. The fourth-order valence-electron chi connectivity index (χ4n) is 2.34. The molecule has 1 unspecified atom stereocenters. The number of benzene rings is 1. The van der Waals surface area contributed by atoms with Gasteiger partial charge in [-0.1, -0.05) is 12.1 Å². The van der Waals surface area contributed by atoms with Gasteiger partial charge in [0, 0.05) is 19.7 Å². The fraction of sp³-hybridized carbons (Fsp3) is 0.562. The molecule has 6 heteroatoms. The zero-order chi connectivity index (χ0) is 14.9. The number of aliphatic imine (C=N–C) groups is 1. The Bertz CT molecular complexity index is 464. The Labute approximate surface area is 148 Å². The van der Waals surface area contributed by atoms with Crippen LogP contribution in [0.3, 0.4) is 0 Å². The number of ether oxygens (including phenoxy) is 1. The van der Waals surface area contributed by atoms with Gasteiger partial charge < -0.3 is 15.4 Å². The quantitative estimate of drug-likeness (QED) is 0.422. The summed E-state index contributed by atoms with van der Waals surface area (Å²) in [6.45, 7) is 5.12. The van der Waals surface area contributed by atoms with Gasteiger partial charge in [0.1, 0.15) is 5.82 Å². The first-order valence-electron chi connectivity index (χ1n) is 7.66. The second kappa shape index (κ2) is 10.8. The van der Waals surface area contributed by atoms with Crippen molar-refractivity contribution >= 4 is 29.9 Å². The minimum Gasteiger partial charge on any atom is -0.376 e. The number of hydrogen-bond acceptors (Lipinski definition) is 2. The summed E-state index contributed by atoms with van der Waals surface area (Å²) in [5.74, 6) is 0.607. The Hall–Kier alpha value is -0.890. The molecule has 0 bridgehead atoms. The topological polar surface area (TPSA) is 45.7 Å². The van der Waals surface area contributed by atoms with Crippen LogP contribution in [0.1, 0.15) is 25.3 Å². The summed E-state index contributed by atoms with van der Waals surface area (Å²) in [6, 6.07) is 6.70. The molecule has 2 rings (SSSR count). The molecular formula is C16H25FIN3O. The Kier molecular flexibility index (Phi) is 9.38. The Morgan fingerprint density at radius 3 is 2.95 bits per heavy atom. The average Bonchev–Trinajstić information content (AvgIpc) is 2.98. The molecule has 1 saturated heterocycles. The van der Waals surface area contributed by atoms with Crippen LogP contribution in [0.25, 0.3) is 0 Å². The summed E-state index contributed by atoms with van der Waals surface area (Å²) in [4.78, 5) is 4.54. The molecule has 1 heterocycles. The van der Waals surface area contributed by atoms with Crippen LogP contribution < -0.4 is 10.6 Å². The van der Waals surface area contributed by atoms with Crippen LogP contribution in [-0.2, 0) is 11.2 Å². The van der Waals surface area contributed by atoms with E-state index in [9.17, 15) is 4.39 Å². The highest BCUT2D eigenvalue weighted by Crippen LogP contribution is 2.11. The molecule has 1 atom stereocenters. The Morgan fingerprint density at radius 2 is 2.27 bits per heavy atom. The smallest absolute Gasteiger partial charge is 0.191 e. The van der Waals surface area contributed by atoms with E-state index in [0.717, 1.165) is 50.5 Å². The SMILES string of the molecule is CCNC(=NCC1CCCO1)NCCc1cccc(F)c1.I. The highest BCUT2D eigenvalue weighted by molar-refractivity contribution is 14.0. The fourth-order valence-corrected chi connectivity index (χ4v) is 2.34. The van der Waals surface area contributed by atoms with Gasteiger partial charge in [-0.25, -0.2) is 4.39 Å². The third kappa shape index (κ3) is 6.91. The van der Waals surface area contributed by atoms with E-state index in [-0.39, 0.29) is 35.9 Å². The van der Waals surface area contributed by atoms with Crippen molar-refractivity contribution in [1.82, 2.24) is 10.6 Å². The summed E-state index contributed by atoms with van der Waals surface area (Å²) in [7, 11) is 0. The van der Waals surface area contributed by atoms with E-state index in [0.29, 0.717) is 6.54 Å². The van der Waals surface area contributed by atoms with Crippen LogP contribution in [0.5, 0.6) is 0 Å². The van der Waals surface area contributed by atoms with Gasteiger partial charge in [-0.2, -0.15) is 0 Å². The lowest BCUT2D eigenvalue weighted by Gasteiger charge is -2.13. The first-order chi connectivity index (χ1) is 10.3. The zero-order valence-corrected chi connectivity index (χ0v) is 15.3. The van der Waals surface area contributed by atoms with E-state index in [1.165, 1.54) is 6.07 Å². The number of halogens is 2. The summed E-state index contributed by atoms with van der Waals surface area (Å²) >= 11 is 0. The van der Waals surface area contributed by atoms with Crippen molar-refractivity contribution in [3.8, 4) is 0 Å². The summed E-state index contributed by atoms with van der Waals surface area (Å²) in [6.07, 6.45) is 3.24. The van der Waals surface area contributed by atoms with Crippen molar-refractivity contribution in [3.63, 3.8) is 0 Å². The van der Waals surface area contributed by atoms with Crippen molar-refractivity contribution in [3.05, 3.63) is 35.6 Å². The maximum Gasteiger partial charge on any atom is 0.191 e. The normalized spacial score (nSPS) is 17.9. The molecule has 124 valence electrons. The van der Waals surface area contributed by atoms with Crippen LogP contribution in [0.2, 0.25) is 0 Å². The molecule has 0 aromatic heterocycles. The molecule has 4 nitrogen and oxygen atoms in total. The van der Waals surface area contributed by atoms with Crippen LogP contribution in [0, 0.1) is 5.82 Å². The van der Waals surface area contributed by atoms with Crippen molar-refractivity contribution < 1.29 is 9.13 Å². The molecule has 1 aromatic rings. The number of nitrogens with one attached hydrogen (secondary N) is 2. The molecule has 22 heavy (non-hydrogen) atoms. The molecule has 1 fully saturated rings. The lowest BCUT2D eigenvalue weighted by Crippen LogP contribution is -2.38. The van der Waals surface area contributed by atoms with Crippen LogP contribution in [0.15, 0.2) is 29.3 Å². The molecule has 0 aliphatic carbocycles. The standard InChI is InChI=1S/C16H24FN3O.HI/c1-2-18-16(20-12-15-7-4-10-21-15)19-9-8-13-5-3-6-14(17)11-13;/h3,5-6,11,15H,2,4,7-10,12H2,1H3,(H2,18,19,20);1H. The maximum atomic E-state index is 13.1. The predicted octanol–water partition coefficient (Wildman–Crippen LogP) is 2.72. The van der Waals surface area contributed by atoms with E-state index < -0.39 is 0 Å². The van der Waals surface area contributed by atoms with Gasteiger partial charge in [0.15, 0.2) is 5.96 Å². The van der Waals surface area contributed by atoms with E-state index >= 15 is 0 Å². The molecule has 1 aromatic carbocycles. The van der Waals surface area contributed by atoms with E-state index in [4.69, 9.17) is 4.74 Å². The number of hydrogen-bond donors (Lipinski definition) is 2. The molecule has 0 saturated carbocycles. The van der Waals surface area contributed by atoms with E-state index in [1.807, 2.05) is 13.0 Å². The van der Waals surface area contributed by atoms with Gasteiger partial charge in [-0.3, -0.25) is 4.99 Å². The highest BCUT2D eigenvalue weighted by atomic mass is 127. The number of rotatable bonds is 6. The number of guanidine groups is 1. The summed E-state index contributed by atoms with van der Waals surface area (Å²) < 4.78 is 18.7. The van der Waals surface area contributed by atoms with E-state index in [2.05, 4.69) is 15.6 Å². The summed E-state index contributed by atoms with van der Waals surface area (Å²) in [5, 5.41) is 6.49. The molecule has 0 spiro atoms. The van der Waals surface area contributed by atoms with Gasteiger partial charge in [-0.15, -0.1) is 24.0 Å². The van der Waals surface area contributed by atoms with Gasteiger partial charge in [-0.05, 0) is 43.9 Å². The van der Waals surface area contributed by atoms with Gasteiger partial charge in [0.2, 0.25) is 0 Å². The van der Waals surface area contributed by atoms with Crippen molar-refractivity contribution in [1.29, 1.82) is 0 Å². The molecule has 1 aliphatic heterocycles. The van der Waals surface area contributed by atoms with Crippen molar-refractivity contribution in [2.75, 3.05) is 26.2 Å². The molecule has 0 radical (unpaired) electrons. The molecular weight excluding hydrogens is 396 g/mol. The van der Waals surface area contributed by atoms with Crippen molar-refractivity contribution in [2.24, 2.45) is 4.99 Å². The van der Waals surface area contributed by atoms with Gasteiger partial charge in [0.05, 0.1) is 12.6 Å². The first kappa shape index (κ1) is 19.2. The van der Waals surface area contributed by atoms with Crippen molar-refractivity contribution in [2.45, 2.75) is 32.3 Å². The lowest BCUT2D eigenvalue weighted by molar-refractivity contribution is 0.117. The van der Waals surface area contributed by atoms with Gasteiger partial charge >= 0.3 is 0 Å². The second-order valence-electron chi connectivity index (χ2n) is 5.16. The Morgan fingerprint density at radius 1 is 1.41 bits per heavy atom. The largest absolute Gasteiger partial charge is 0.376 e. The zero-order valence-electron chi connectivity index (χ0n) is 13.0. The average molecular weight is 421 g/mol. The lowest BCUT2D eigenvalue weighted by atomic mass is 10.1. The molecule has 0 amide bonds.